The first kappa shape index (κ1) is 17.0. The van der Waals surface area contributed by atoms with Crippen molar-refractivity contribution in [3.05, 3.63) is 48.3 Å². The van der Waals surface area contributed by atoms with E-state index in [2.05, 4.69) is 33.4 Å². The first-order valence-corrected chi connectivity index (χ1v) is 9.39. The summed E-state index contributed by atoms with van der Waals surface area (Å²) in [6.07, 6.45) is 7.66. The zero-order valence-electron chi connectivity index (χ0n) is 15.1. The summed E-state index contributed by atoms with van der Waals surface area (Å²) in [7, 11) is 2.03. The molecule has 1 amide bonds. The number of likely N-dealkylation sites (N-methyl/N-ethyl adjacent to an activating group) is 1. The Labute approximate surface area is 154 Å². The lowest BCUT2D eigenvalue weighted by atomic mass is 10.0. The maximum absolute atomic E-state index is 12.5. The van der Waals surface area contributed by atoms with Crippen LogP contribution < -0.4 is 10.1 Å². The lowest BCUT2D eigenvalue weighted by Gasteiger charge is -2.31. The number of likely N-dealkylation sites (tertiary alicyclic amines) is 1. The molecule has 0 saturated carbocycles. The molecule has 136 valence electrons. The monoisotopic (exact) mass is 351 g/mol. The van der Waals surface area contributed by atoms with Gasteiger partial charge in [-0.25, -0.2) is 0 Å². The molecule has 1 saturated heterocycles. The van der Waals surface area contributed by atoms with Gasteiger partial charge in [0, 0.05) is 24.4 Å². The molecule has 26 heavy (non-hydrogen) atoms. The normalized spacial score (nSPS) is 22.5. The third-order valence-electron chi connectivity index (χ3n) is 5.40. The van der Waals surface area contributed by atoms with Gasteiger partial charge in [0.15, 0.2) is 0 Å². The third-order valence-corrected chi connectivity index (χ3v) is 5.40. The minimum atomic E-state index is -0.00849. The molecule has 0 bridgehead atoms. The van der Waals surface area contributed by atoms with Crippen LogP contribution in [0, 0.1) is 0 Å². The lowest BCUT2D eigenvalue weighted by molar-refractivity contribution is -0.127. The number of carbonyl (C=O) groups excluding carboxylic acids is 1. The average molecular weight is 351 g/mol. The molecular formula is C21H25N3O2. The molecular weight excluding hydrogens is 326 g/mol. The highest BCUT2D eigenvalue weighted by molar-refractivity contribution is 5.81. The number of rotatable bonds is 4. The Hall–Kier alpha value is -2.40. The van der Waals surface area contributed by atoms with Crippen molar-refractivity contribution in [3.63, 3.8) is 0 Å². The molecule has 1 aromatic heterocycles. The van der Waals surface area contributed by atoms with E-state index in [0.717, 1.165) is 42.7 Å². The van der Waals surface area contributed by atoms with Gasteiger partial charge in [0.2, 0.25) is 5.91 Å². The summed E-state index contributed by atoms with van der Waals surface area (Å²) >= 11 is 0. The molecule has 1 fully saturated rings. The van der Waals surface area contributed by atoms with Gasteiger partial charge in [-0.1, -0.05) is 24.6 Å². The van der Waals surface area contributed by atoms with E-state index >= 15 is 0 Å². The van der Waals surface area contributed by atoms with E-state index in [0.29, 0.717) is 6.54 Å². The molecule has 0 unspecified atom stereocenters. The van der Waals surface area contributed by atoms with Crippen LogP contribution in [0.5, 0.6) is 5.75 Å². The van der Waals surface area contributed by atoms with Crippen molar-refractivity contribution >= 4 is 5.91 Å². The van der Waals surface area contributed by atoms with Gasteiger partial charge < -0.3 is 10.1 Å². The number of para-hydroxylation sites is 1. The van der Waals surface area contributed by atoms with Gasteiger partial charge in [-0.05, 0) is 49.7 Å². The highest BCUT2D eigenvalue weighted by Crippen LogP contribution is 2.38. The Balaban J connectivity index is 1.41. The molecule has 2 atom stereocenters. The molecule has 2 aromatic rings. The summed E-state index contributed by atoms with van der Waals surface area (Å²) in [5, 5.41) is 3.10. The Morgan fingerprint density at radius 2 is 2.12 bits per heavy atom. The second-order valence-electron chi connectivity index (χ2n) is 7.21. The molecule has 5 nitrogen and oxygen atoms in total. The number of hydrogen-bond donors (Lipinski definition) is 1. The zero-order chi connectivity index (χ0) is 17.9. The van der Waals surface area contributed by atoms with Crippen molar-refractivity contribution < 1.29 is 9.53 Å². The van der Waals surface area contributed by atoms with Gasteiger partial charge in [-0.3, -0.25) is 14.7 Å². The summed E-state index contributed by atoms with van der Waals surface area (Å²) in [6.45, 7) is 1.55. The van der Waals surface area contributed by atoms with Crippen molar-refractivity contribution in [1.29, 1.82) is 0 Å². The maximum Gasteiger partial charge on any atom is 0.237 e. The molecule has 2 aliphatic rings. The molecule has 0 aliphatic carbocycles. The fourth-order valence-electron chi connectivity index (χ4n) is 3.95. The molecule has 0 spiro atoms. The highest BCUT2D eigenvalue weighted by Gasteiger charge is 2.29. The lowest BCUT2D eigenvalue weighted by Crippen LogP contribution is -2.49. The average Bonchev–Trinajstić information content (AvgIpc) is 3.10. The number of fused-ring (bicyclic) bond motifs is 1. The molecule has 3 heterocycles. The summed E-state index contributed by atoms with van der Waals surface area (Å²) in [5.74, 6) is 1.06. The number of amides is 1. The predicted molar refractivity (Wildman–Crippen MR) is 101 cm³/mol. The van der Waals surface area contributed by atoms with Gasteiger partial charge in [-0.2, -0.15) is 0 Å². The Morgan fingerprint density at radius 1 is 1.27 bits per heavy atom. The number of hydrogen-bond acceptors (Lipinski definition) is 4. The Kier molecular flexibility index (Phi) is 4.89. The fourth-order valence-corrected chi connectivity index (χ4v) is 3.95. The van der Waals surface area contributed by atoms with Crippen LogP contribution in [0.1, 0.15) is 24.8 Å². The smallest absolute Gasteiger partial charge is 0.237 e. The van der Waals surface area contributed by atoms with E-state index in [4.69, 9.17) is 4.74 Å². The van der Waals surface area contributed by atoms with Crippen molar-refractivity contribution in [2.45, 2.75) is 37.8 Å². The Morgan fingerprint density at radius 3 is 2.92 bits per heavy atom. The summed E-state index contributed by atoms with van der Waals surface area (Å²) in [6, 6.07) is 10.2. The van der Waals surface area contributed by atoms with Crippen LogP contribution in [-0.4, -0.2) is 48.1 Å². The van der Waals surface area contributed by atoms with Gasteiger partial charge >= 0.3 is 0 Å². The number of nitrogens with zero attached hydrogens (tertiary/aromatic N) is 2. The SMILES string of the molecule is CN1CCCC[C@@H]1C(=O)NC[C@@H]1Cc2cccc(-c3ccncc3)c2O1. The summed E-state index contributed by atoms with van der Waals surface area (Å²) in [4.78, 5) is 18.8. The molecule has 1 N–H and O–H groups in total. The summed E-state index contributed by atoms with van der Waals surface area (Å²) in [5.41, 5.74) is 3.39. The van der Waals surface area contributed by atoms with Crippen LogP contribution in [-0.2, 0) is 11.2 Å². The Bertz CT molecular complexity index is 778. The van der Waals surface area contributed by atoms with E-state index in [-0.39, 0.29) is 18.1 Å². The quantitative estimate of drug-likeness (QED) is 0.920. The van der Waals surface area contributed by atoms with E-state index < -0.39 is 0 Å². The molecule has 1 aromatic carbocycles. The van der Waals surface area contributed by atoms with E-state index in [9.17, 15) is 4.79 Å². The number of benzene rings is 1. The third kappa shape index (κ3) is 3.44. The van der Waals surface area contributed by atoms with Crippen LogP contribution >= 0.6 is 0 Å². The van der Waals surface area contributed by atoms with Crippen LogP contribution in [0.15, 0.2) is 42.7 Å². The predicted octanol–water partition coefficient (Wildman–Crippen LogP) is 2.65. The topological polar surface area (TPSA) is 54.5 Å². The zero-order valence-corrected chi connectivity index (χ0v) is 15.1. The number of ether oxygens (including phenoxy) is 1. The fraction of sp³-hybridized carbons (Fsp3) is 0.429. The van der Waals surface area contributed by atoms with Crippen LogP contribution in [0.2, 0.25) is 0 Å². The van der Waals surface area contributed by atoms with Crippen molar-refractivity contribution in [2.75, 3.05) is 20.1 Å². The minimum absolute atomic E-state index is 0.0000851. The summed E-state index contributed by atoms with van der Waals surface area (Å²) < 4.78 is 6.21. The van der Waals surface area contributed by atoms with Crippen molar-refractivity contribution in [1.82, 2.24) is 15.2 Å². The molecule has 0 radical (unpaired) electrons. The van der Waals surface area contributed by atoms with Crippen molar-refractivity contribution in [3.8, 4) is 16.9 Å². The van der Waals surface area contributed by atoms with Crippen LogP contribution in [0.3, 0.4) is 0 Å². The second kappa shape index (κ2) is 7.46. The molecule has 5 heteroatoms. The van der Waals surface area contributed by atoms with Gasteiger partial charge in [0.25, 0.3) is 0 Å². The number of pyridine rings is 1. The molecule has 2 aliphatic heterocycles. The molecule has 4 rings (SSSR count). The minimum Gasteiger partial charge on any atom is -0.487 e. The first-order chi connectivity index (χ1) is 12.7. The van der Waals surface area contributed by atoms with Gasteiger partial charge in [-0.15, -0.1) is 0 Å². The van der Waals surface area contributed by atoms with Crippen LogP contribution in [0.4, 0.5) is 0 Å². The van der Waals surface area contributed by atoms with E-state index in [1.807, 2.05) is 19.2 Å². The van der Waals surface area contributed by atoms with Gasteiger partial charge in [0.1, 0.15) is 11.9 Å². The van der Waals surface area contributed by atoms with E-state index in [1.165, 1.54) is 12.0 Å². The highest BCUT2D eigenvalue weighted by atomic mass is 16.5. The first-order valence-electron chi connectivity index (χ1n) is 9.39. The number of aromatic nitrogens is 1. The largest absolute Gasteiger partial charge is 0.487 e. The maximum atomic E-state index is 12.5. The second-order valence-corrected chi connectivity index (χ2v) is 7.21. The van der Waals surface area contributed by atoms with Gasteiger partial charge in [0.05, 0.1) is 12.6 Å². The van der Waals surface area contributed by atoms with Crippen LogP contribution in [0.25, 0.3) is 11.1 Å². The number of carbonyl (C=O) groups is 1. The van der Waals surface area contributed by atoms with E-state index in [1.54, 1.807) is 12.4 Å². The standard InChI is InChI=1S/C21H25N3O2/c1-24-12-3-2-7-19(24)21(25)23-14-17-13-16-5-4-6-18(20(16)26-17)15-8-10-22-11-9-15/h4-6,8-11,17,19H,2-3,7,12-14H2,1H3,(H,23,25)/t17-,19+/m0/s1. The van der Waals surface area contributed by atoms with Crippen molar-refractivity contribution in [2.24, 2.45) is 0 Å². The number of piperidine rings is 1. The number of nitrogens with one attached hydrogen (secondary N) is 1.